The Morgan fingerprint density at radius 2 is 1.71 bits per heavy atom. The fourth-order valence-corrected chi connectivity index (χ4v) is 2.15. The monoisotopic (exact) mass is 280 g/mol. The number of rotatable bonds is 6. The number of para-hydroxylation sites is 1. The Morgan fingerprint density at radius 1 is 1.05 bits per heavy atom. The van der Waals surface area contributed by atoms with Crippen LogP contribution in [0.1, 0.15) is 23.7 Å². The second-order valence-corrected chi connectivity index (χ2v) is 5.22. The highest BCUT2D eigenvalue weighted by Gasteiger charge is 2.15. The van der Waals surface area contributed by atoms with Gasteiger partial charge in [0, 0.05) is 13.0 Å². The van der Waals surface area contributed by atoms with E-state index >= 15 is 0 Å². The average molecular weight is 280 g/mol. The van der Waals surface area contributed by atoms with Gasteiger partial charge in [-0.05, 0) is 31.8 Å². The van der Waals surface area contributed by atoms with E-state index in [4.69, 9.17) is 4.74 Å². The standard InChI is InChI=1S/C18H20N2O/c1-20(2)13-12-18(15-8-4-3-5-9-15)21-17-11-7-6-10-16(17)14-19/h3-11,18H,12-13H2,1-2H3. The van der Waals surface area contributed by atoms with Gasteiger partial charge in [-0.2, -0.15) is 5.26 Å². The van der Waals surface area contributed by atoms with Crippen molar-refractivity contribution in [3.63, 3.8) is 0 Å². The van der Waals surface area contributed by atoms with Gasteiger partial charge in [0.2, 0.25) is 0 Å². The molecule has 0 aromatic heterocycles. The van der Waals surface area contributed by atoms with Crippen molar-refractivity contribution in [2.24, 2.45) is 0 Å². The molecule has 0 aliphatic carbocycles. The van der Waals surface area contributed by atoms with Crippen LogP contribution in [-0.4, -0.2) is 25.5 Å². The van der Waals surface area contributed by atoms with E-state index in [0.29, 0.717) is 11.3 Å². The van der Waals surface area contributed by atoms with Crippen LogP contribution in [0.2, 0.25) is 0 Å². The largest absolute Gasteiger partial charge is 0.484 e. The maximum absolute atomic E-state index is 9.18. The highest BCUT2D eigenvalue weighted by molar-refractivity contribution is 5.43. The Morgan fingerprint density at radius 3 is 2.38 bits per heavy atom. The molecular weight excluding hydrogens is 260 g/mol. The van der Waals surface area contributed by atoms with Crippen LogP contribution >= 0.6 is 0 Å². The van der Waals surface area contributed by atoms with E-state index in [1.165, 1.54) is 0 Å². The highest BCUT2D eigenvalue weighted by atomic mass is 16.5. The fraction of sp³-hybridized carbons (Fsp3) is 0.278. The molecule has 3 heteroatoms. The molecule has 0 bridgehead atoms. The quantitative estimate of drug-likeness (QED) is 0.810. The molecule has 0 spiro atoms. The maximum Gasteiger partial charge on any atom is 0.137 e. The summed E-state index contributed by atoms with van der Waals surface area (Å²) in [4.78, 5) is 2.13. The molecule has 0 saturated heterocycles. The van der Waals surface area contributed by atoms with Crippen LogP contribution in [0.3, 0.4) is 0 Å². The number of hydrogen-bond acceptors (Lipinski definition) is 3. The second-order valence-electron chi connectivity index (χ2n) is 5.22. The van der Waals surface area contributed by atoms with Gasteiger partial charge in [-0.15, -0.1) is 0 Å². The van der Waals surface area contributed by atoms with Gasteiger partial charge in [0.1, 0.15) is 17.9 Å². The van der Waals surface area contributed by atoms with Gasteiger partial charge in [0.25, 0.3) is 0 Å². The first-order chi connectivity index (χ1) is 10.2. The van der Waals surface area contributed by atoms with Crippen molar-refractivity contribution in [2.75, 3.05) is 20.6 Å². The van der Waals surface area contributed by atoms with Gasteiger partial charge in [0.15, 0.2) is 0 Å². The number of ether oxygens (including phenoxy) is 1. The van der Waals surface area contributed by atoms with Crippen LogP contribution in [0.4, 0.5) is 0 Å². The molecule has 21 heavy (non-hydrogen) atoms. The molecule has 1 atom stereocenters. The Kier molecular flexibility index (Phi) is 5.36. The fourth-order valence-electron chi connectivity index (χ4n) is 2.15. The van der Waals surface area contributed by atoms with E-state index < -0.39 is 0 Å². The third-order valence-corrected chi connectivity index (χ3v) is 3.29. The molecule has 0 amide bonds. The predicted octanol–water partition coefficient (Wildman–Crippen LogP) is 3.63. The number of nitriles is 1. The third kappa shape index (κ3) is 4.34. The lowest BCUT2D eigenvalue weighted by atomic mass is 10.1. The van der Waals surface area contributed by atoms with Gasteiger partial charge >= 0.3 is 0 Å². The molecule has 1 unspecified atom stereocenters. The SMILES string of the molecule is CN(C)CCC(Oc1ccccc1C#N)c1ccccc1. The summed E-state index contributed by atoms with van der Waals surface area (Å²) in [6.45, 7) is 0.925. The molecule has 0 radical (unpaired) electrons. The number of hydrogen-bond donors (Lipinski definition) is 0. The first kappa shape index (κ1) is 15.1. The minimum Gasteiger partial charge on any atom is -0.484 e. The van der Waals surface area contributed by atoms with Crippen molar-refractivity contribution >= 4 is 0 Å². The molecule has 2 aromatic carbocycles. The Bertz CT molecular complexity index is 602. The third-order valence-electron chi connectivity index (χ3n) is 3.29. The van der Waals surface area contributed by atoms with E-state index in [1.807, 2.05) is 50.5 Å². The Labute approximate surface area is 126 Å². The summed E-state index contributed by atoms with van der Waals surface area (Å²) in [5.41, 5.74) is 1.70. The first-order valence-electron chi connectivity index (χ1n) is 7.06. The van der Waals surface area contributed by atoms with Gasteiger partial charge in [-0.3, -0.25) is 0 Å². The average Bonchev–Trinajstić information content (AvgIpc) is 2.52. The summed E-state index contributed by atoms with van der Waals surface area (Å²) in [6, 6.07) is 19.7. The summed E-state index contributed by atoms with van der Waals surface area (Å²) >= 11 is 0. The summed E-state index contributed by atoms with van der Waals surface area (Å²) in [5.74, 6) is 0.646. The Hall–Kier alpha value is -2.31. The van der Waals surface area contributed by atoms with E-state index in [0.717, 1.165) is 18.5 Å². The van der Waals surface area contributed by atoms with E-state index in [9.17, 15) is 5.26 Å². The Balaban J connectivity index is 2.22. The normalized spacial score (nSPS) is 11.9. The molecule has 108 valence electrons. The van der Waals surface area contributed by atoms with Gasteiger partial charge < -0.3 is 9.64 Å². The van der Waals surface area contributed by atoms with Crippen molar-refractivity contribution in [1.82, 2.24) is 4.90 Å². The summed E-state index contributed by atoms with van der Waals surface area (Å²) < 4.78 is 6.12. The zero-order valence-electron chi connectivity index (χ0n) is 12.5. The second kappa shape index (κ2) is 7.47. The zero-order chi connectivity index (χ0) is 15.1. The van der Waals surface area contributed by atoms with Crippen LogP contribution in [0.25, 0.3) is 0 Å². The topological polar surface area (TPSA) is 36.3 Å². The lowest BCUT2D eigenvalue weighted by Gasteiger charge is -2.22. The van der Waals surface area contributed by atoms with Crippen LogP contribution in [-0.2, 0) is 0 Å². The molecule has 3 nitrogen and oxygen atoms in total. The minimum atomic E-state index is -0.0527. The number of nitrogens with zero attached hydrogens (tertiary/aromatic N) is 2. The van der Waals surface area contributed by atoms with Crippen LogP contribution in [0, 0.1) is 11.3 Å². The zero-order valence-corrected chi connectivity index (χ0v) is 12.5. The molecule has 2 rings (SSSR count). The van der Waals surface area contributed by atoms with Crippen molar-refractivity contribution in [3.8, 4) is 11.8 Å². The predicted molar refractivity (Wildman–Crippen MR) is 84.1 cm³/mol. The van der Waals surface area contributed by atoms with E-state index in [-0.39, 0.29) is 6.10 Å². The van der Waals surface area contributed by atoms with Crippen molar-refractivity contribution in [2.45, 2.75) is 12.5 Å². The molecule has 0 aliphatic rings. The number of benzene rings is 2. The smallest absolute Gasteiger partial charge is 0.137 e. The molecule has 0 fully saturated rings. The van der Waals surface area contributed by atoms with Crippen LogP contribution in [0.5, 0.6) is 5.75 Å². The lowest BCUT2D eigenvalue weighted by molar-refractivity contribution is 0.179. The van der Waals surface area contributed by atoms with Gasteiger partial charge in [-0.1, -0.05) is 42.5 Å². The van der Waals surface area contributed by atoms with E-state index in [2.05, 4.69) is 23.1 Å². The van der Waals surface area contributed by atoms with Crippen LogP contribution in [0.15, 0.2) is 54.6 Å². The van der Waals surface area contributed by atoms with Crippen molar-refractivity contribution in [3.05, 3.63) is 65.7 Å². The summed E-state index contributed by atoms with van der Waals surface area (Å²) in [6.07, 6.45) is 0.819. The molecule has 0 N–H and O–H groups in total. The first-order valence-corrected chi connectivity index (χ1v) is 7.06. The maximum atomic E-state index is 9.18. The molecule has 2 aromatic rings. The van der Waals surface area contributed by atoms with Crippen molar-refractivity contribution in [1.29, 1.82) is 5.26 Å². The van der Waals surface area contributed by atoms with E-state index in [1.54, 1.807) is 6.07 Å². The molecule has 0 saturated carbocycles. The van der Waals surface area contributed by atoms with Crippen LogP contribution < -0.4 is 4.74 Å². The molecular formula is C18H20N2O. The highest BCUT2D eigenvalue weighted by Crippen LogP contribution is 2.27. The van der Waals surface area contributed by atoms with Gasteiger partial charge in [0.05, 0.1) is 5.56 Å². The lowest BCUT2D eigenvalue weighted by Crippen LogP contribution is -2.19. The summed E-state index contributed by atoms with van der Waals surface area (Å²) in [5, 5.41) is 9.18. The summed E-state index contributed by atoms with van der Waals surface area (Å²) in [7, 11) is 4.09. The van der Waals surface area contributed by atoms with Gasteiger partial charge in [-0.25, -0.2) is 0 Å². The van der Waals surface area contributed by atoms with Crippen molar-refractivity contribution < 1.29 is 4.74 Å². The minimum absolute atomic E-state index is 0.0527. The molecule has 0 aliphatic heterocycles. The molecule has 0 heterocycles.